The van der Waals surface area contributed by atoms with Crippen molar-refractivity contribution in [1.29, 1.82) is 0 Å². The molecule has 1 N–H and O–H groups in total. The standard InChI is InChI=1S/C17H19F2NO/c1-12(2)20-10-14-9-16(19)6-7-17(14)21-11-13-4-3-5-15(18)8-13/h3-9,12,20H,10-11H2,1-2H3. The first-order chi connectivity index (χ1) is 10.0. The third-order valence-corrected chi connectivity index (χ3v) is 3.01. The molecule has 2 aromatic carbocycles. The van der Waals surface area contributed by atoms with Gasteiger partial charge in [0.1, 0.15) is 24.0 Å². The monoisotopic (exact) mass is 291 g/mol. The van der Waals surface area contributed by atoms with E-state index in [0.717, 1.165) is 11.1 Å². The van der Waals surface area contributed by atoms with Crippen LogP contribution in [-0.4, -0.2) is 6.04 Å². The highest BCUT2D eigenvalue weighted by Gasteiger charge is 2.07. The van der Waals surface area contributed by atoms with Crippen LogP contribution in [0.3, 0.4) is 0 Å². The van der Waals surface area contributed by atoms with Gasteiger partial charge in [-0.3, -0.25) is 0 Å². The molecule has 2 rings (SSSR count). The predicted molar refractivity (Wildman–Crippen MR) is 79.1 cm³/mol. The van der Waals surface area contributed by atoms with Gasteiger partial charge >= 0.3 is 0 Å². The number of halogens is 2. The highest BCUT2D eigenvalue weighted by molar-refractivity contribution is 5.34. The van der Waals surface area contributed by atoms with Gasteiger partial charge in [0.2, 0.25) is 0 Å². The second-order valence-corrected chi connectivity index (χ2v) is 5.21. The Balaban J connectivity index is 2.08. The second kappa shape index (κ2) is 7.18. The van der Waals surface area contributed by atoms with E-state index in [1.165, 1.54) is 24.3 Å². The molecule has 0 aromatic heterocycles. The molecule has 4 heteroatoms. The Bertz CT molecular complexity index is 599. The van der Waals surface area contributed by atoms with E-state index in [-0.39, 0.29) is 18.2 Å². The Kier molecular flexibility index (Phi) is 5.28. The maximum atomic E-state index is 13.4. The number of hydrogen-bond acceptors (Lipinski definition) is 2. The molecular weight excluding hydrogens is 272 g/mol. The molecule has 0 aliphatic rings. The SMILES string of the molecule is CC(C)NCc1cc(F)ccc1OCc1cccc(F)c1. The quantitative estimate of drug-likeness (QED) is 0.867. The predicted octanol–water partition coefficient (Wildman–Crippen LogP) is 4.04. The molecule has 0 atom stereocenters. The van der Waals surface area contributed by atoms with E-state index in [0.29, 0.717) is 18.3 Å². The van der Waals surface area contributed by atoms with Crippen molar-refractivity contribution in [3.8, 4) is 5.75 Å². The van der Waals surface area contributed by atoms with E-state index in [2.05, 4.69) is 5.32 Å². The summed E-state index contributed by atoms with van der Waals surface area (Å²) < 4.78 is 32.2. The number of nitrogens with one attached hydrogen (secondary N) is 1. The average molecular weight is 291 g/mol. The van der Waals surface area contributed by atoms with Gasteiger partial charge in [0, 0.05) is 18.2 Å². The third kappa shape index (κ3) is 4.83. The van der Waals surface area contributed by atoms with Gasteiger partial charge in [0.15, 0.2) is 0 Å². The van der Waals surface area contributed by atoms with E-state index < -0.39 is 0 Å². The van der Waals surface area contributed by atoms with Crippen LogP contribution in [0.1, 0.15) is 25.0 Å². The van der Waals surface area contributed by atoms with Crippen LogP contribution in [0.5, 0.6) is 5.75 Å². The van der Waals surface area contributed by atoms with E-state index in [1.807, 2.05) is 13.8 Å². The first-order valence-corrected chi connectivity index (χ1v) is 6.93. The Labute approximate surface area is 123 Å². The number of benzene rings is 2. The molecule has 0 unspecified atom stereocenters. The molecule has 0 spiro atoms. The van der Waals surface area contributed by atoms with Crippen molar-refractivity contribution in [2.24, 2.45) is 0 Å². The third-order valence-electron chi connectivity index (χ3n) is 3.01. The molecule has 0 saturated heterocycles. The Morgan fingerprint density at radius 3 is 2.52 bits per heavy atom. The lowest BCUT2D eigenvalue weighted by Gasteiger charge is -2.14. The Hall–Kier alpha value is -1.94. The molecule has 0 aliphatic carbocycles. The first-order valence-electron chi connectivity index (χ1n) is 6.93. The van der Waals surface area contributed by atoms with Crippen LogP contribution in [0.4, 0.5) is 8.78 Å². The van der Waals surface area contributed by atoms with Gasteiger partial charge in [0.05, 0.1) is 0 Å². The number of hydrogen-bond donors (Lipinski definition) is 1. The zero-order valence-electron chi connectivity index (χ0n) is 12.2. The molecule has 0 saturated carbocycles. The molecule has 0 aliphatic heterocycles. The van der Waals surface area contributed by atoms with Crippen molar-refractivity contribution in [2.45, 2.75) is 33.0 Å². The second-order valence-electron chi connectivity index (χ2n) is 5.21. The van der Waals surface area contributed by atoms with Crippen LogP contribution in [0.15, 0.2) is 42.5 Å². The first kappa shape index (κ1) is 15.4. The fourth-order valence-electron chi connectivity index (χ4n) is 1.93. The normalized spacial score (nSPS) is 10.9. The lowest BCUT2D eigenvalue weighted by Crippen LogP contribution is -2.22. The minimum atomic E-state index is -0.298. The summed E-state index contributed by atoms with van der Waals surface area (Å²) in [7, 11) is 0. The minimum absolute atomic E-state index is 0.248. The lowest BCUT2D eigenvalue weighted by atomic mass is 10.1. The van der Waals surface area contributed by atoms with Gasteiger partial charge in [0.25, 0.3) is 0 Å². The molecule has 21 heavy (non-hydrogen) atoms. The van der Waals surface area contributed by atoms with Gasteiger partial charge in [-0.25, -0.2) is 8.78 Å². The number of ether oxygens (including phenoxy) is 1. The largest absolute Gasteiger partial charge is 0.489 e. The highest BCUT2D eigenvalue weighted by atomic mass is 19.1. The van der Waals surface area contributed by atoms with Crippen LogP contribution in [0.2, 0.25) is 0 Å². The van der Waals surface area contributed by atoms with Crippen molar-refractivity contribution >= 4 is 0 Å². The van der Waals surface area contributed by atoms with Gasteiger partial charge in [-0.1, -0.05) is 26.0 Å². The van der Waals surface area contributed by atoms with Crippen LogP contribution < -0.4 is 10.1 Å². The van der Waals surface area contributed by atoms with Crippen molar-refractivity contribution < 1.29 is 13.5 Å². The Morgan fingerprint density at radius 2 is 1.81 bits per heavy atom. The van der Waals surface area contributed by atoms with Crippen molar-refractivity contribution in [3.63, 3.8) is 0 Å². The summed E-state index contributed by atoms with van der Waals surface area (Å²) in [5.74, 6) is 0.0133. The van der Waals surface area contributed by atoms with Gasteiger partial charge in [-0.05, 0) is 35.9 Å². The van der Waals surface area contributed by atoms with Crippen LogP contribution >= 0.6 is 0 Å². The zero-order chi connectivity index (χ0) is 15.2. The maximum absolute atomic E-state index is 13.4. The van der Waals surface area contributed by atoms with Crippen LogP contribution in [0, 0.1) is 11.6 Å². The summed E-state index contributed by atoms with van der Waals surface area (Å²) >= 11 is 0. The van der Waals surface area contributed by atoms with E-state index in [1.54, 1.807) is 18.2 Å². The maximum Gasteiger partial charge on any atom is 0.124 e. The fourth-order valence-corrected chi connectivity index (χ4v) is 1.93. The topological polar surface area (TPSA) is 21.3 Å². The van der Waals surface area contributed by atoms with Gasteiger partial charge in [-0.15, -0.1) is 0 Å². The smallest absolute Gasteiger partial charge is 0.124 e. The molecule has 2 aromatic rings. The average Bonchev–Trinajstić information content (AvgIpc) is 2.44. The van der Waals surface area contributed by atoms with Crippen LogP contribution in [0.25, 0.3) is 0 Å². The molecule has 112 valence electrons. The summed E-state index contributed by atoms with van der Waals surface area (Å²) in [6, 6.07) is 11.0. The summed E-state index contributed by atoms with van der Waals surface area (Å²) in [6.45, 7) is 4.81. The van der Waals surface area contributed by atoms with Crippen LogP contribution in [-0.2, 0) is 13.2 Å². The summed E-state index contributed by atoms with van der Waals surface area (Å²) in [5, 5.41) is 3.23. The summed E-state index contributed by atoms with van der Waals surface area (Å²) in [4.78, 5) is 0. The minimum Gasteiger partial charge on any atom is -0.489 e. The molecule has 2 nitrogen and oxygen atoms in total. The highest BCUT2D eigenvalue weighted by Crippen LogP contribution is 2.21. The lowest BCUT2D eigenvalue weighted by molar-refractivity contribution is 0.300. The molecular formula is C17H19F2NO. The van der Waals surface area contributed by atoms with E-state index >= 15 is 0 Å². The molecule has 0 amide bonds. The number of rotatable bonds is 6. The van der Waals surface area contributed by atoms with E-state index in [4.69, 9.17) is 4.74 Å². The van der Waals surface area contributed by atoms with Crippen molar-refractivity contribution in [2.75, 3.05) is 0 Å². The van der Waals surface area contributed by atoms with Crippen molar-refractivity contribution in [1.82, 2.24) is 5.32 Å². The van der Waals surface area contributed by atoms with Gasteiger partial charge in [-0.2, -0.15) is 0 Å². The summed E-state index contributed by atoms with van der Waals surface area (Å²) in [5.41, 5.74) is 1.49. The molecule has 0 heterocycles. The molecule has 0 radical (unpaired) electrons. The van der Waals surface area contributed by atoms with Gasteiger partial charge < -0.3 is 10.1 Å². The molecule has 0 fully saturated rings. The Morgan fingerprint density at radius 1 is 1.05 bits per heavy atom. The van der Waals surface area contributed by atoms with Crippen molar-refractivity contribution in [3.05, 3.63) is 65.2 Å². The zero-order valence-corrected chi connectivity index (χ0v) is 12.2. The van der Waals surface area contributed by atoms with E-state index in [9.17, 15) is 8.78 Å². The molecule has 0 bridgehead atoms. The summed E-state index contributed by atoms with van der Waals surface area (Å²) in [6.07, 6.45) is 0. The fraction of sp³-hybridized carbons (Fsp3) is 0.294.